The van der Waals surface area contributed by atoms with Crippen molar-refractivity contribution in [3.63, 3.8) is 0 Å². The summed E-state index contributed by atoms with van der Waals surface area (Å²) in [4.78, 5) is 12.5. The van der Waals surface area contributed by atoms with Crippen LogP contribution in [0.1, 0.15) is 36.5 Å². The molecule has 1 aliphatic rings. The third-order valence-electron chi connectivity index (χ3n) is 6.42. The zero-order valence-corrected chi connectivity index (χ0v) is 20.9. The normalized spacial score (nSPS) is 18.0. The molecule has 2 aromatic heterocycles. The number of benzene rings is 2. The van der Waals surface area contributed by atoms with Gasteiger partial charge in [-0.15, -0.1) is 11.3 Å². The van der Waals surface area contributed by atoms with Crippen LogP contribution in [0.15, 0.2) is 47.4 Å². The zero-order valence-electron chi connectivity index (χ0n) is 19.2. The minimum Gasteiger partial charge on any atom is -0.327 e. The first-order chi connectivity index (χ1) is 15.9. The maximum Gasteiger partial charge on any atom is 0.242 e. The minimum absolute atomic E-state index is 0.279. The topological polar surface area (TPSA) is 71.3 Å². The van der Waals surface area contributed by atoms with E-state index in [1.54, 1.807) is 26.2 Å². The zero-order chi connectivity index (χ0) is 23.2. The molecule has 7 nitrogen and oxygen atoms in total. The van der Waals surface area contributed by atoms with Crippen molar-refractivity contribution in [1.29, 1.82) is 0 Å². The molecular weight excluding hydrogens is 454 g/mol. The van der Waals surface area contributed by atoms with E-state index in [2.05, 4.69) is 34.6 Å². The van der Waals surface area contributed by atoms with Gasteiger partial charge in [-0.25, -0.2) is 22.7 Å². The number of hydrogen-bond acceptors (Lipinski definition) is 6. The van der Waals surface area contributed by atoms with Gasteiger partial charge in [0, 0.05) is 33.1 Å². The van der Waals surface area contributed by atoms with Crippen LogP contribution in [0.3, 0.4) is 0 Å². The summed E-state index contributed by atoms with van der Waals surface area (Å²) in [5.74, 6) is 1.42. The van der Waals surface area contributed by atoms with Crippen molar-refractivity contribution >= 4 is 42.6 Å². The maximum atomic E-state index is 12.6. The van der Waals surface area contributed by atoms with Crippen molar-refractivity contribution in [3.05, 3.63) is 53.3 Å². The molecule has 3 heterocycles. The SMILES string of the molecule is CCn1c(CN2CCC[C@@H](c3nc4ccccc4s3)C2)nc2cc(S(=O)(=O)N(C)C)ccc21. The van der Waals surface area contributed by atoms with Gasteiger partial charge in [0.25, 0.3) is 0 Å². The lowest BCUT2D eigenvalue weighted by Crippen LogP contribution is -2.34. The molecule has 2 aromatic carbocycles. The van der Waals surface area contributed by atoms with Gasteiger partial charge in [0.2, 0.25) is 10.0 Å². The van der Waals surface area contributed by atoms with Crippen molar-refractivity contribution in [2.45, 2.75) is 43.7 Å². The molecule has 9 heteroatoms. The smallest absolute Gasteiger partial charge is 0.242 e. The van der Waals surface area contributed by atoms with Gasteiger partial charge in [-0.3, -0.25) is 4.90 Å². The number of thiazole rings is 1. The number of nitrogens with zero attached hydrogens (tertiary/aromatic N) is 5. The molecule has 0 aliphatic carbocycles. The van der Waals surface area contributed by atoms with E-state index in [1.165, 1.54) is 14.0 Å². The van der Waals surface area contributed by atoms with Gasteiger partial charge in [-0.1, -0.05) is 12.1 Å². The summed E-state index contributed by atoms with van der Waals surface area (Å²) in [7, 11) is -0.388. The van der Waals surface area contributed by atoms with E-state index in [4.69, 9.17) is 9.97 Å². The van der Waals surface area contributed by atoms with Crippen LogP contribution in [0.4, 0.5) is 0 Å². The van der Waals surface area contributed by atoms with Crippen molar-refractivity contribution in [2.24, 2.45) is 0 Å². The van der Waals surface area contributed by atoms with E-state index in [9.17, 15) is 8.42 Å². The number of sulfonamides is 1. The van der Waals surface area contributed by atoms with Crippen LogP contribution in [0.25, 0.3) is 21.3 Å². The highest BCUT2D eigenvalue weighted by atomic mass is 32.2. The Labute approximate surface area is 198 Å². The summed E-state index contributed by atoms with van der Waals surface area (Å²) < 4.78 is 29.8. The van der Waals surface area contributed by atoms with Crippen LogP contribution < -0.4 is 0 Å². The number of rotatable bonds is 6. The Hall–Kier alpha value is -2.33. The molecule has 0 spiro atoms. The third kappa shape index (κ3) is 4.19. The first-order valence-electron chi connectivity index (χ1n) is 11.4. The molecule has 5 rings (SSSR count). The fourth-order valence-corrected chi connectivity index (χ4v) is 6.69. The van der Waals surface area contributed by atoms with Gasteiger partial charge in [0.1, 0.15) is 5.82 Å². The monoisotopic (exact) mass is 483 g/mol. The summed E-state index contributed by atoms with van der Waals surface area (Å²) >= 11 is 1.81. The third-order valence-corrected chi connectivity index (χ3v) is 9.43. The Bertz CT molecular complexity index is 1370. The Morgan fingerprint density at radius 2 is 1.94 bits per heavy atom. The van der Waals surface area contributed by atoms with Crippen molar-refractivity contribution in [2.75, 3.05) is 27.2 Å². The maximum absolute atomic E-state index is 12.6. The standard InChI is InChI=1S/C24H29N5O2S2/c1-4-29-21-12-11-18(33(30,31)27(2)3)14-20(21)25-23(29)16-28-13-7-8-17(15-28)24-26-19-9-5-6-10-22(19)32-24/h5-6,9-12,14,17H,4,7-8,13,15-16H2,1-3H3/t17-/m1/s1. The van der Waals surface area contributed by atoms with Crippen LogP contribution in [0, 0.1) is 0 Å². The van der Waals surface area contributed by atoms with Gasteiger partial charge in [-0.2, -0.15) is 0 Å². The fourth-order valence-electron chi connectivity index (χ4n) is 4.67. The Balaban J connectivity index is 1.40. The summed E-state index contributed by atoms with van der Waals surface area (Å²) in [6.45, 7) is 5.65. The predicted molar refractivity (Wildman–Crippen MR) is 133 cm³/mol. The molecule has 1 atom stereocenters. The fraction of sp³-hybridized carbons (Fsp3) is 0.417. The van der Waals surface area contributed by atoms with Crippen LogP contribution in [-0.2, 0) is 23.1 Å². The molecule has 0 unspecified atom stereocenters. The quantitative estimate of drug-likeness (QED) is 0.409. The Morgan fingerprint density at radius 1 is 1.12 bits per heavy atom. The largest absolute Gasteiger partial charge is 0.327 e. The predicted octanol–water partition coefficient (Wildman–Crippen LogP) is 4.30. The molecule has 0 radical (unpaired) electrons. The molecule has 0 saturated carbocycles. The van der Waals surface area contributed by atoms with E-state index in [0.29, 0.717) is 5.92 Å². The number of likely N-dealkylation sites (tertiary alicyclic amines) is 1. The van der Waals surface area contributed by atoms with Crippen LogP contribution >= 0.6 is 11.3 Å². The second-order valence-electron chi connectivity index (χ2n) is 8.80. The number of para-hydroxylation sites is 1. The van der Waals surface area contributed by atoms with E-state index < -0.39 is 10.0 Å². The van der Waals surface area contributed by atoms with Gasteiger partial charge in [0.05, 0.1) is 37.7 Å². The molecular formula is C24H29N5O2S2. The molecule has 1 saturated heterocycles. The molecule has 0 amide bonds. The van der Waals surface area contributed by atoms with Crippen molar-refractivity contribution in [1.82, 2.24) is 23.7 Å². The van der Waals surface area contributed by atoms with Crippen LogP contribution in [0.2, 0.25) is 0 Å². The molecule has 33 heavy (non-hydrogen) atoms. The van der Waals surface area contributed by atoms with Gasteiger partial charge in [0.15, 0.2) is 0 Å². The van der Waals surface area contributed by atoms with Crippen molar-refractivity contribution < 1.29 is 8.42 Å². The van der Waals surface area contributed by atoms with E-state index in [-0.39, 0.29) is 4.90 Å². The lowest BCUT2D eigenvalue weighted by molar-refractivity contribution is 0.194. The second-order valence-corrected chi connectivity index (χ2v) is 12.0. The summed E-state index contributed by atoms with van der Waals surface area (Å²) in [5.41, 5.74) is 2.80. The Kier molecular flexibility index (Phi) is 5.98. The first-order valence-corrected chi connectivity index (χ1v) is 13.6. The van der Waals surface area contributed by atoms with Crippen LogP contribution in [-0.4, -0.2) is 59.3 Å². The van der Waals surface area contributed by atoms with E-state index in [0.717, 1.165) is 61.4 Å². The van der Waals surface area contributed by atoms with Gasteiger partial charge in [-0.05, 0) is 56.6 Å². The number of imidazole rings is 1. The number of hydrogen-bond donors (Lipinski definition) is 0. The summed E-state index contributed by atoms with van der Waals surface area (Å²) in [5, 5.41) is 1.23. The van der Waals surface area contributed by atoms with Gasteiger partial charge >= 0.3 is 0 Å². The number of piperidine rings is 1. The number of aryl methyl sites for hydroxylation is 1. The highest BCUT2D eigenvalue weighted by Crippen LogP contribution is 2.33. The first kappa shape index (κ1) is 22.5. The average molecular weight is 484 g/mol. The number of aromatic nitrogens is 3. The highest BCUT2D eigenvalue weighted by Gasteiger charge is 2.26. The lowest BCUT2D eigenvalue weighted by Gasteiger charge is -2.31. The molecule has 4 aromatic rings. The van der Waals surface area contributed by atoms with Crippen molar-refractivity contribution in [3.8, 4) is 0 Å². The average Bonchev–Trinajstić information content (AvgIpc) is 3.39. The lowest BCUT2D eigenvalue weighted by atomic mass is 9.99. The molecule has 1 fully saturated rings. The molecule has 174 valence electrons. The number of fused-ring (bicyclic) bond motifs is 2. The summed E-state index contributed by atoms with van der Waals surface area (Å²) in [6.07, 6.45) is 2.30. The molecule has 1 aliphatic heterocycles. The Morgan fingerprint density at radius 3 is 2.70 bits per heavy atom. The molecule has 0 bridgehead atoms. The highest BCUT2D eigenvalue weighted by molar-refractivity contribution is 7.89. The minimum atomic E-state index is -3.49. The van der Waals surface area contributed by atoms with Gasteiger partial charge < -0.3 is 4.57 Å². The second kappa shape index (κ2) is 8.79. The molecule has 0 N–H and O–H groups in total. The van der Waals surface area contributed by atoms with E-state index in [1.807, 2.05) is 23.5 Å². The van der Waals surface area contributed by atoms with E-state index >= 15 is 0 Å². The summed E-state index contributed by atoms with van der Waals surface area (Å²) in [6, 6.07) is 13.6. The van der Waals surface area contributed by atoms with Crippen LogP contribution in [0.5, 0.6) is 0 Å².